The number of benzene rings is 3. The molecule has 0 saturated carbocycles. The van der Waals surface area contributed by atoms with E-state index in [1.165, 1.54) is 38.1 Å². The van der Waals surface area contributed by atoms with Crippen LogP contribution in [-0.2, 0) is 75.2 Å². The van der Waals surface area contributed by atoms with Crippen LogP contribution in [-0.4, -0.2) is 206 Å². The predicted octanol–water partition coefficient (Wildman–Crippen LogP) is -7.53. The lowest BCUT2D eigenvalue weighted by Crippen LogP contribution is -2.60. The first-order chi connectivity index (χ1) is 48.5. The van der Waals surface area contributed by atoms with Crippen LogP contribution in [0.4, 0.5) is 0 Å². The molecule has 0 aliphatic carbocycles. The van der Waals surface area contributed by atoms with Gasteiger partial charge in [0, 0.05) is 19.5 Å². The van der Waals surface area contributed by atoms with Gasteiger partial charge in [-0.3, -0.25) is 72.3 Å². The van der Waals surface area contributed by atoms with E-state index in [1.807, 2.05) is 0 Å². The van der Waals surface area contributed by atoms with E-state index >= 15 is 0 Å². The van der Waals surface area contributed by atoms with Gasteiger partial charge in [-0.05, 0) is 126 Å². The van der Waals surface area contributed by atoms with Gasteiger partial charge >= 0.3 is 0 Å². The number of nitrogens with one attached hydrogen (secondary N) is 12. The van der Waals surface area contributed by atoms with E-state index in [0.717, 1.165) is 0 Å². The highest BCUT2D eigenvalue weighted by molar-refractivity contribution is 5.99. The monoisotopic (exact) mass is 1430 g/mol. The average molecular weight is 1430 g/mol. The number of nitrogens with two attached hydrogens (primary N) is 8. The summed E-state index contributed by atoms with van der Waals surface area (Å²) in [7, 11) is 0. The van der Waals surface area contributed by atoms with Crippen molar-refractivity contribution in [3.05, 3.63) is 102 Å². The fourth-order valence-corrected chi connectivity index (χ4v) is 9.71. The molecular formula is C65H100N22O15. The Labute approximate surface area is 589 Å². The number of guanidine groups is 2. The van der Waals surface area contributed by atoms with Gasteiger partial charge in [-0.25, -0.2) is 0 Å². The van der Waals surface area contributed by atoms with Gasteiger partial charge in [-0.1, -0.05) is 72.8 Å². The third-order valence-corrected chi connectivity index (χ3v) is 15.3. The lowest BCUT2D eigenvalue weighted by Gasteiger charge is -2.26. The van der Waals surface area contributed by atoms with Crippen LogP contribution in [0.5, 0.6) is 5.75 Å². The summed E-state index contributed by atoms with van der Waals surface area (Å²) >= 11 is 0. The third-order valence-electron chi connectivity index (χ3n) is 15.3. The van der Waals surface area contributed by atoms with Gasteiger partial charge in [0.25, 0.3) is 0 Å². The van der Waals surface area contributed by atoms with Crippen LogP contribution < -0.4 is 110 Å². The summed E-state index contributed by atoms with van der Waals surface area (Å²) in [6.07, 6.45) is 1.80. The highest BCUT2D eigenvalue weighted by Gasteiger charge is 2.34. The Hall–Kier alpha value is -11.0. The highest BCUT2D eigenvalue weighted by Crippen LogP contribution is 2.16. The minimum absolute atomic E-state index is 0.0188. The first kappa shape index (κ1) is 85.2. The number of aliphatic imine (C=N–C) groups is 2. The maximum Gasteiger partial charge on any atom is 0.247 e. The van der Waals surface area contributed by atoms with Crippen molar-refractivity contribution in [3.63, 3.8) is 0 Å². The van der Waals surface area contributed by atoms with Crippen molar-refractivity contribution >= 4 is 88.7 Å². The summed E-state index contributed by atoms with van der Waals surface area (Å²) in [6.45, 7) is 0.144. The molecule has 0 aliphatic heterocycles. The molecule has 0 radical (unpaired) electrons. The standard InChI is InChI=1S/C65H100N22O15/c1-37(79-51(91)35-78-63(102)53(41-17-7-4-8-18-41)87-61(100)48(32-39-15-5-3-6-16-39)81-52(92)34-76-50(90)33-77-57(96)43(68)31-40-23-25-42(89)26-24-40)55(94)83-47(22-14-30-75-65(72)73)59(98)85-45(20-10-12-28-67)60(99)86-49(36-88)62(101)80-38(2)56(95)84-46(21-13-29-74-64(70)71)58(97)82-44(54(69)93)19-9-11-27-66/h3-8,15-18,23-26,37-38,43-49,53,88-89H,9-14,19-22,27-36,66-68H2,1-2H3,(H2,69,93)(H,76,90)(H,77,96)(H,78,102)(H,79,91)(H,80,101)(H,81,92)(H,82,97)(H,83,94)(H,84,95)(H,85,98)(H,86,99)(H,87,100)(H4,70,71,74)(H4,72,73,75)/t37-,38-,43-,44-,45-,46-,47-,48-,49-,53-/m0/s1. The number of hydrogen-bond donors (Lipinski definition) is 22. The molecule has 0 heterocycles. The van der Waals surface area contributed by atoms with Crippen LogP contribution in [0.25, 0.3) is 0 Å². The summed E-state index contributed by atoms with van der Waals surface area (Å²) in [5, 5.41) is 49.7. The van der Waals surface area contributed by atoms with Crippen molar-refractivity contribution in [1.29, 1.82) is 0 Å². The zero-order valence-corrected chi connectivity index (χ0v) is 57.2. The fourth-order valence-electron chi connectivity index (χ4n) is 9.71. The molecule has 0 aliphatic rings. The number of primary amides is 1. The van der Waals surface area contributed by atoms with Crippen molar-refractivity contribution in [2.45, 2.75) is 151 Å². The van der Waals surface area contributed by atoms with Crippen LogP contribution in [0.3, 0.4) is 0 Å². The first-order valence-electron chi connectivity index (χ1n) is 33.1. The molecule has 0 saturated heterocycles. The second-order valence-corrected chi connectivity index (χ2v) is 23.7. The Bertz CT molecular complexity index is 3310. The smallest absolute Gasteiger partial charge is 0.247 e. The Morgan fingerprint density at radius 2 is 0.814 bits per heavy atom. The van der Waals surface area contributed by atoms with Crippen LogP contribution >= 0.6 is 0 Å². The molecule has 37 nitrogen and oxygen atoms in total. The molecule has 102 heavy (non-hydrogen) atoms. The number of phenolic OH excluding ortho intramolecular Hbond substituents is 1. The number of aromatic hydroxyl groups is 1. The molecule has 560 valence electrons. The number of hydrogen-bond acceptors (Lipinski definition) is 20. The number of unbranched alkanes of at least 4 members (excludes halogenated alkanes) is 2. The topological polar surface area (TPSA) is 640 Å². The van der Waals surface area contributed by atoms with Crippen molar-refractivity contribution in [2.75, 3.05) is 52.4 Å². The fraction of sp³-hybridized carbons (Fsp3) is 0.492. The molecule has 10 atom stereocenters. The summed E-state index contributed by atoms with van der Waals surface area (Å²) in [5.41, 5.74) is 46.2. The first-order valence-corrected chi connectivity index (χ1v) is 33.1. The Morgan fingerprint density at radius 3 is 1.32 bits per heavy atom. The summed E-state index contributed by atoms with van der Waals surface area (Å²) in [5.74, 6) is -11.7. The molecule has 13 amide bonds. The molecule has 0 spiro atoms. The minimum atomic E-state index is -1.73. The van der Waals surface area contributed by atoms with E-state index in [0.29, 0.717) is 36.9 Å². The predicted molar refractivity (Wildman–Crippen MR) is 375 cm³/mol. The normalized spacial score (nSPS) is 13.7. The van der Waals surface area contributed by atoms with Gasteiger partial charge in [-0.15, -0.1) is 0 Å². The third kappa shape index (κ3) is 33.2. The lowest BCUT2D eigenvalue weighted by atomic mass is 10.0. The van der Waals surface area contributed by atoms with E-state index < -0.39 is 163 Å². The maximum absolute atomic E-state index is 14.2. The maximum atomic E-state index is 14.2. The number of carbonyl (C=O) groups excluding carboxylic acids is 13. The van der Waals surface area contributed by atoms with Gasteiger partial charge < -0.3 is 120 Å². The molecule has 0 bridgehead atoms. The molecule has 30 N–H and O–H groups in total. The zero-order valence-electron chi connectivity index (χ0n) is 57.2. The zero-order chi connectivity index (χ0) is 75.7. The van der Waals surface area contributed by atoms with Gasteiger partial charge in [0.2, 0.25) is 76.8 Å². The number of phenols is 1. The van der Waals surface area contributed by atoms with E-state index in [2.05, 4.69) is 73.8 Å². The second-order valence-electron chi connectivity index (χ2n) is 23.7. The Balaban J connectivity index is 1.72. The van der Waals surface area contributed by atoms with Crippen LogP contribution in [0, 0.1) is 0 Å². The van der Waals surface area contributed by atoms with E-state index in [4.69, 9.17) is 45.9 Å². The molecule has 3 aromatic rings. The van der Waals surface area contributed by atoms with Crippen molar-refractivity contribution in [3.8, 4) is 5.75 Å². The molecular weight excluding hydrogens is 1330 g/mol. The minimum Gasteiger partial charge on any atom is -0.508 e. The average Bonchev–Trinajstić information content (AvgIpc) is 0.854. The van der Waals surface area contributed by atoms with Crippen molar-refractivity contribution in [2.24, 2.45) is 55.9 Å². The number of nitrogens with zero attached hydrogens (tertiary/aromatic N) is 2. The Kier molecular flexibility index (Phi) is 38.7. The second kappa shape index (κ2) is 46.3. The van der Waals surface area contributed by atoms with Gasteiger partial charge in [0.1, 0.15) is 60.1 Å². The van der Waals surface area contributed by atoms with E-state index in [-0.39, 0.29) is 101 Å². The number of carbonyl (C=O) groups is 13. The molecule has 3 aromatic carbocycles. The quantitative estimate of drug-likeness (QED) is 0.0142. The molecule has 0 fully saturated rings. The summed E-state index contributed by atoms with van der Waals surface area (Å²) in [4.78, 5) is 183. The van der Waals surface area contributed by atoms with Crippen molar-refractivity contribution in [1.82, 2.24) is 63.8 Å². The van der Waals surface area contributed by atoms with Crippen LogP contribution in [0.2, 0.25) is 0 Å². The molecule has 0 aromatic heterocycles. The highest BCUT2D eigenvalue weighted by atomic mass is 16.3. The van der Waals surface area contributed by atoms with E-state index in [1.54, 1.807) is 60.7 Å². The van der Waals surface area contributed by atoms with Gasteiger partial charge in [-0.2, -0.15) is 0 Å². The number of aliphatic hydroxyl groups is 1. The SMILES string of the molecule is C[C@H](NC(=O)CNC(=O)[C@@H](NC(=O)[C@H](Cc1ccccc1)NC(=O)CNC(=O)CNC(=O)[C@@H](N)Cc1ccc(O)cc1)c1ccccc1)C(=O)N[C@@H](CCCN=C(N)N)C(=O)N[C@@H](CCCCN)C(=O)N[C@@H](CO)C(=O)N[C@@H](C)C(=O)N[C@@H](CCCN=C(N)N)C(=O)N[C@@H](CCCCN)C(N)=O. The van der Waals surface area contributed by atoms with Crippen LogP contribution in [0.15, 0.2) is 94.9 Å². The number of rotatable bonds is 47. The number of aliphatic hydroxyl groups excluding tert-OH is 1. The molecule has 0 unspecified atom stereocenters. The lowest BCUT2D eigenvalue weighted by molar-refractivity contribution is -0.136. The van der Waals surface area contributed by atoms with Gasteiger partial charge in [0.05, 0.1) is 32.3 Å². The Morgan fingerprint density at radius 1 is 0.402 bits per heavy atom. The molecule has 3 rings (SSSR count). The van der Waals surface area contributed by atoms with Gasteiger partial charge in [0.15, 0.2) is 11.9 Å². The number of amides is 13. The van der Waals surface area contributed by atoms with Crippen LogP contribution in [0.1, 0.15) is 101 Å². The molecule has 37 heteroatoms. The largest absolute Gasteiger partial charge is 0.508 e. The van der Waals surface area contributed by atoms with E-state index in [9.17, 15) is 72.5 Å². The summed E-state index contributed by atoms with van der Waals surface area (Å²) in [6, 6.07) is 8.76. The summed E-state index contributed by atoms with van der Waals surface area (Å²) < 4.78 is 0. The van der Waals surface area contributed by atoms with Crippen molar-refractivity contribution < 1.29 is 72.5 Å².